The zero-order chi connectivity index (χ0) is 17.6. The fraction of sp³-hybridized carbons (Fsp3) is 0.455. The predicted molar refractivity (Wildman–Crippen MR) is 100 cm³/mol. The highest BCUT2D eigenvalue weighted by atomic mass is 35.5. The third kappa shape index (κ3) is 5.31. The minimum absolute atomic E-state index is 0. The van der Waals surface area contributed by atoms with Crippen molar-refractivity contribution in [3.8, 4) is 0 Å². The van der Waals surface area contributed by atoms with Crippen molar-refractivity contribution in [2.75, 3.05) is 6.54 Å². The average Bonchev–Trinajstić information content (AvgIpc) is 2.67. The van der Waals surface area contributed by atoms with E-state index in [0.717, 1.165) is 24.1 Å². The van der Waals surface area contributed by atoms with Gasteiger partial charge in [0.15, 0.2) is 0 Å². The first kappa shape index (κ1) is 20.9. The second-order valence-electron chi connectivity index (χ2n) is 7.28. The molecule has 3 unspecified atom stereocenters. The first-order valence-electron chi connectivity index (χ1n) is 9.51. The molecule has 0 fully saturated rings. The van der Waals surface area contributed by atoms with Crippen molar-refractivity contribution >= 4 is 0 Å². The van der Waals surface area contributed by atoms with Crippen LogP contribution in [0.25, 0.3) is 0 Å². The summed E-state index contributed by atoms with van der Waals surface area (Å²) in [4.78, 5) is 0. The van der Waals surface area contributed by atoms with Gasteiger partial charge in [-0.2, -0.15) is 0 Å². The van der Waals surface area contributed by atoms with Crippen LogP contribution >= 0.6 is 0 Å². The van der Waals surface area contributed by atoms with Gasteiger partial charge in [-0.1, -0.05) is 48.5 Å². The van der Waals surface area contributed by atoms with Gasteiger partial charge in [-0.15, -0.1) is 0 Å². The molecule has 4 heteroatoms. The lowest BCUT2D eigenvalue weighted by atomic mass is 9.89. The normalized spacial score (nSPS) is 16.9. The number of halogens is 1. The number of rotatable bonds is 7. The van der Waals surface area contributed by atoms with Gasteiger partial charge in [0.1, 0.15) is 12.1 Å². The number of hydrogen-bond acceptors (Lipinski definition) is 2. The summed E-state index contributed by atoms with van der Waals surface area (Å²) in [5.41, 5.74) is 4.85. The first-order chi connectivity index (χ1) is 12.1. The minimum atomic E-state index is -0.484. The van der Waals surface area contributed by atoms with Crippen LogP contribution in [0.3, 0.4) is 0 Å². The van der Waals surface area contributed by atoms with Gasteiger partial charge in [-0.25, -0.2) is 0 Å². The van der Waals surface area contributed by atoms with Crippen LogP contribution in [0.15, 0.2) is 48.5 Å². The molecule has 1 aliphatic carbocycles. The molecule has 26 heavy (non-hydrogen) atoms. The lowest BCUT2D eigenvalue weighted by Crippen LogP contribution is -3.00. The van der Waals surface area contributed by atoms with Gasteiger partial charge in [0.2, 0.25) is 0 Å². The van der Waals surface area contributed by atoms with E-state index in [1.165, 1.54) is 30.4 Å². The summed E-state index contributed by atoms with van der Waals surface area (Å²) in [6, 6.07) is 16.3. The summed E-state index contributed by atoms with van der Waals surface area (Å²) in [5, 5.41) is 23.0. The average molecular weight is 376 g/mol. The number of aliphatic hydroxyl groups is 2. The Labute approximate surface area is 162 Å². The standard InChI is InChI=1S/C22H29NO2.ClH/c1-16(22(25)18-8-3-2-4-9-18)23-14-13-21(24)20-12-11-17-7-5-6-10-19(17)15-20;/h2-4,8-9,11-12,15-16,21-25H,5-7,10,13-14H2,1H3;1H. The maximum absolute atomic E-state index is 10.5. The highest BCUT2D eigenvalue weighted by Gasteiger charge is 2.20. The summed E-state index contributed by atoms with van der Waals surface area (Å²) in [5.74, 6) is 0. The van der Waals surface area contributed by atoms with Crippen molar-refractivity contribution in [1.82, 2.24) is 0 Å². The molecular weight excluding hydrogens is 346 g/mol. The summed E-state index contributed by atoms with van der Waals surface area (Å²) in [7, 11) is 0. The minimum Gasteiger partial charge on any atom is -1.00 e. The molecule has 3 rings (SSSR count). The Morgan fingerprint density at radius 3 is 2.35 bits per heavy atom. The smallest absolute Gasteiger partial charge is 0.130 e. The topological polar surface area (TPSA) is 57.1 Å². The Morgan fingerprint density at radius 2 is 1.62 bits per heavy atom. The molecule has 0 saturated carbocycles. The predicted octanol–water partition coefficient (Wildman–Crippen LogP) is -0.322. The molecule has 0 radical (unpaired) electrons. The Balaban J connectivity index is 0.00000243. The Kier molecular flexibility index (Phi) is 8.11. The van der Waals surface area contributed by atoms with Gasteiger partial charge in [0.05, 0.1) is 12.6 Å². The summed E-state index contributed by atoms with van der Waals surface area (Å²) in [6.45, 7) is 2.83. The molecule has 0 saturated heterocycles. The third-order valence-electron chi connectivity index (χ3n) is 5.38. The summed E-state index contributed by atoms with van der Waals surface area (Å²) >= 11 is 0. The molecule has 3 nitrogen and oxygen atoms in total. The summed E-state index contributed by atoms with van der Waals surface area (Å²) in [6.07, 6.45) is 4.65. The second kappa shape index (κ2) is 10.1. The van der Waals surface area contributed by atoms with Crippen LogP contribution in [0.1, 0.15) is 60.6 Å². The highest BCUT2D eigenvalue weighted by molar-refractivity contribution is 5.34. The van der Waals surface area contributed by atoms with E-state index in [1.54, 1.807) is 0 Å². The van der Waals surface area contributed by atoms with E-state index in [1.807, 2.05) is 37.3 Å². The van der Waals surface area contributed by atoms with E-state index in [4.69, 9.17) is 0 Å². The molecule has 0 bridgehead atoms. The van der Waals surface area contributed by atoms with Crippen molar-refractivity contribution in [2.24, 2.45) is 0 Å². The number of aryl methyl sites for hydroxylation is 2. The SMILES string of the molecule is CC([NH2+]CCC(O)c1ccc2c(c1)CCCC2)C(O)c1ccccc1.[Cl-]. The molecule has 0 spiro atoms. The van der Waals surface area contributed by atoms with Gasteiger partial charge < -0.3 is 27.9 Å². The highest BCUT2D eigenvalue weighted by Crippen LogP contribution is 2.25. The van der Waals surface area contributed by atoms with E-state index < -0.39 is 12.2 Å². The van der Waals surface area contributed by atoms with E-state index in [9.17, 15) is 10.2 Å². The molecule has 0 aliphatic heterocycles. The molecule has 2 aromatic rings. The molecular formula is C22H30ClNO2. The molecule has 2 aromatic carbocycles. The van der Waals surface area contributed by atoms with Crippen molar-refractivity contribution < 1.29 is 27.9 Å². The molecule has 0 heterocycles. The molecule has 4 N–H and O–H groups in total. The monoisotopic (exact) mass is 375 g/mol. The van der Waals surface area contributed by atoms with Crippen molar-refractivity contribution in [3.63, 3.8) is 0 Å². The van der Waals surface area contributed by atoms with Crippen molar-refractivity contribution in [2.45, 2.75) is 57.3 Å². The number of hydrogen-bond donors (Lipinski definition) is 3. The number of benzene rings is 2. The quantitative estimate of drug-likeness (QED) is 0.621. The second-order valence-corrected chi connectivity index (χ2v) is 7.28. The zero-order valence-electron chi connectivity index (χ0n) is 15.4. The van der Waals surface area contributed by atoms with E-state index >= 15 is 0 Å². The third-order valence-corrected chi connectivity index (χ3v) is 5.38. The fourth-order valence-corrected chi connectivity index (χ4v) is 3.73. The van der Waals surface area contributed by atoms with E-state index in [-0.39, 0.29) is 18.4 Å². The van der Waals surface area contributed by atoms with Crippen LogP contribution in [-0.2, 0) is 12.8 Å². The largest absolute Gasteiger partial charge is 1.00 e. The van der Waals surface area contributed by atoms with Crippen molar-refractivity contribution in [1.29, 1.82) is 0 Å². The Morgan fingerprint density at radius 1 is 0.923 bits per heavy atom. The Hall–Kier alpha value is -1.39. The van der Waals surface area contributed by atoms with Gasteiger partial charge in [-0.3, -0.25) is 0 Å². The molecule has 1 aliphatic rings. The van der Waals surface area contributed by atoms with Gasteiger partial charge in [-0.05, 0) is 54.9 Å². The molecule has 0 aromatic heterocycles. The van der Waals surface area contributed by atoms with Crippen LogP contribution in [-0.4, -0.2) is 22.8 Å². The maximum atomic E-state index is 10.5. The lowest BCUT2D eigenvalue weighted by molar-refractivity contribution is -0.695. The Bertz CT molecular complexity index is 677. The van der Waals surface area contributed by atoms with Crippen LogP contribution in [0.5, 0.6) is 0 Å². The first-order valence-corrected chi connectivity index (χ1v) is 9.51. The van der Waals surface area contributed by atoms with Crippen LogP contribution in [0.2, 0.25) is 0 Å². The number of quaternary nitrogens is 1. The zero-order valence-corrected chi connectivity index (χ0v) is 16.2. The van der Waals surface area contributed by atoms with E-state index in [2.05, 4.69) is 23.5 Å². The van der Waals surface area contributed by atoms with Gasteiger partial charge in [0.25, 0.3) is 0 Å². The number of aliphatic hydroxyl groups excluding tert-OH is 2. The van der Waals surface area contributed by atoms with Gasteiger partial charge in [0, 0.05) is 6.42 Å². The lowest BCUT2D eigenvalue weighted by Gasteiger charge is -2.20. The van der Waals surface area contributed by atoms with Crippen LogP contribution in [0, 0.1) is 0 Å². The molecule has 3 atom stereocenters. The van der Waals surface area contributed by atoms with Gasteiger partial charge >= 0.3 is 0 Å². The van der Waals surface area contributed by atoms with E-state index in [0.29, 0.717) is 6.42 Å². The van der Waals surface area contributed by atoms with Crippen LogP contribution < -0.4 is 17.7 Å². The summed E-state index contributed by atoms with van der Waals surface area (Å²) < 4.78 is 0. The molecule has 142 valence electrons. The fourth-order valence-electron chi connectivity index (χ4n) is 3.73. The molecule has 0 amide bonds. The maximum Gasteiger partial charge on any atom is 0.130 e. The number of nitrogens with two attached hydrogens (primary N) is 1. The number of fused-ring (bicyclic) bond motifs is 1. The van der Waals surface area contributed by atoms with Crippen LogP contribution in [0.4, 0.5) is 0 Å². The van der Waals surface area contributed by atoms with Crippen molar-refractivity contribution in [3.05, 3.63) is 70.8 Å².